The molecule has 2 heterocycles. The van der Waals surface area contributed by atoms with E-state index < -0.39 is 5.25 Å². The molecule has 0 spiro atoms. The Morgan fingerprint density at radius 2 is 2.06 bits per heavy atom. The van der Waals surface area contributed by atoms with Crippen LogP contribution in [0, 0.1) is 13.8 Å². The van der Waals surface area contributed by atoms with Crippen molar-refractivity contribution in [2.24, 2.45) is 0 Å². The number of ether oxygens (including phenoxy) is 1. The molecule has 0 bridgehead atoms. The van der Waals surface area contributed by atoms with Gasteiger partial charge in [0.15, 0.2) is 5.82 Å². The first-order chi connectivity index (χ1) is 14.9. The zero-order valence-electron chi connectivity index (χ0n) is 17.8. The Hall–Kier alpha value is -2.71. The molecule has 162 valence electrons. The number of fused-ring (bicyclic) bond motifs is 1. The van der Waals surface area contributed by atoms with Gasteiger partial charge in [-0.3, -0.25) is 4.79 Å². The number of carbonyl (C=O) groups excluding carboxylic acids is 1. The highest BCUT2D eigenvalue weighted by Gasteiger charge is 2.38. The van der Waals surface area contributed by atoms with E-state index in [1.807, 2.05) is 61.8 Å². The zero-order chi connectivity index (χ0) is 22.1. The van der Waals surface area contributed by atoms with Gasteiger partial charge >= 0.3 is 0 Å². The van der Waals surface area contributed by atoms with Gasteiger partial charge in [-0.1, -0.05) is 48.5 Å². The van der Waals surface area contributed by atoms with E-state index >= 15 is 0 Å². The maximum absolute atomic E-state index is 13.4. The van der Waals surface area contributed by atoms with Crippen molar-refractivity contribution in [3.63, 3.8) is 0 Å². The summed E-state index contributed by atoms with van der Waals surface area (Å²) in [5.41, 5.74) is 7.20. The first-order valence-electron chi connectivity index (χ1n) is 10.00. The highest BCUT2D eigenvalue weighted by atomic mass is 35.5. The van der Waals surface area contributed by atoms with Crippen molar-refractivity contribution in [2.75, 3.05) is 17.9 Å². The number of rotatable bonds is 5. The fourth-order valence-corrected chi connectivity index (χ4v) is 4.89. The lowest BCUT2D eigenvalue weighted by atomic mass is 10.0. The van der Waals surface area contributed by atoms with Crippen molar-refractivity contribution in [1.29, 1.82) is 0 Å². The summed E-state index contributed by atoms with van der Waals surface area (Å²) in [6.07, 6.45) is 0.718. The summed E-state index contributed by atoms with van der Waals surface area (Å²) >= 11 is 7.78. The Kier molecular flexibility index (Phi) is 6.11. The summed E-state index contributed by atoms with van der Waals surface area (Å²) in [5.74, 6) is 1.28. The first-order valence-corrected chi connectivity index (χ1v) is 11.3. The molecule has 2 N–H and O–H groups in total. The molecule has 1 aromatic heterocycles. The van der Waals surface area contributed by atoms with E-state index in [1.54, 1.807) is 7.11 Å². The number of aryl methyl sites for hydroxylation is 3. The maximum Gasteiger partial charge on any atom is 0.240 e. The third-order valence-corrected chi connectivity index (χ3v) is 6.77. The number of thioether (sulfide) groups is 1. The standard InChI is InChI=1S/C22H24ClN5O2S/c1-5-18-25-26-22-28(18)27-19(14-8-9-17(30-4)15(23)11-14)20(31-22)21(29)24-16-10-12(2)6-7-13(16)3/h6-11,19-20,27H,5H2,1-4H3,(H,24,29)/t19-,20+/m0/s1. The van der Waals surface area contributed by atoms with Gasteiger partial charge in [-0.25, -0.2) is 4.68 Å². The average Bonchev–Trinajstić information content (AvgIpc) is 3.17. The number of hydrogen-bond acceptors (Lipinski definition) is 6. The van der Waals surface area contributed by atoms with Crippen molar-refractivity contribution in [3.05, 3.63) is 63.9 Å². The van der Waals surface area contributed by atoms with Crippen LogP contribution >= 0.6 is 23.4 Å². The van der Waals surface area contributed by atoms with Crippen LogP contribution in [0.3, 0.4) is 0 Å². The number of nitrogens with zero attached hydrogens (tertiary/aromatic N) is 3. The normalized spacial score (nSPS) is 17.6. The second kappa shape index (κ2) is 8.80. The summed E-state index contributed by atoms with van der Waals surface area (Å²) in [6, 6.07) is 11.2. The number of carbonyl (C=O) groups is 1. The van der Waals surface area contributed by atoms with Crippen molar-refractivity contribution in [3.8, 4) is 5.75 Å². The highest BCUT2D eigenvalue weighted by Crippen LogP contribution is 2.39. The predicted octanol–water partition coefficient (Wildman–Crippen LogP) is 4.52. The Bertz CT molecular complexity index is 1130. The monoisotopic (exact) mass is 457 g/mol. The molecule has 0 saturated carbocycles. The summed E-state index contributed by atoms with van der Waals surface area (Å²) < 4.78 is 7.14. The third-order valence-electron chi connectivity index (χ3n) is 5.26. The lowest BCUT2D eigenvalue weighted by Gasteiger charge is -2.33. The van der Waals surface area contributed by atoms with Crippen LogP contribution < -0.4 is 15.5 Å². The number of anilines is 1. The van der Waals surface area contributed by atoms with E-state index in [4.69, 9.17) is 16.3 Å². The number of hydrogen-bond donors (Lipinski definition) is 2. The van der Waals surface area contributed by atoms with Gasteiger partial charge in [0.05, 0.1) is 18.2 Å². The van der Waals surface area contributed by atoms with E-state index in [0.29, 0.717) is 15.9 Å². The van der Waals surface area contributed by atoms with Gasteiger partial charge in [-0.05, 0) is 48.7 Å². The molecule has 31 heavy (non-hydrogen) atoms. The van der Waals surface area contributed by atoms with Crippen molar-refractivity contribution >= 4 is 35.0 Å². The molecule has 0 saturated heterocycles. The summed E-state index contributed by atoms with van der Waals surface area (Å²) in [7, 11) is 1.58. The van der Waals surface area contributed by atoms with E-state index in [9.17, 15) is 4.79 Å². The number of benzene rings is 2. The molecule has 0 aliphatic carbocycles. The molecule has 2 aromatic carbocycles. The van der Waals surface area contributed by atoms with Crippen LogP contribution in [0.1, 0.15) is 35.5 Å². The molecule has 9 heteroatoms. The van der Waals surface area contributed by atoms with Crippen LogP contribution in [0.15, 0.2) is 41.6 Å². The molecule has 7 nitrogen and oxygen atoms in total. The minimum Gasteiger partial charge on any atom is -0.495 e. The van der Waals surface area contributed by atoms with E-state index in [1.165, 1.54) is 11.8 Å². The second-order valence-corrected chi connectivity index (χ2v) is 8.95. The quantitative estimate of drug-likeness (QED) is 0.586. The number of methoxy groups -OCH3 is 1. The van der Waals surface area contributed by atoms with Gasteiger partial charge in [0.1, 0.15) is 11.0 Å². The van der Waals surface area contributed by atoms with Crippen LogP contribution in [0.2, 0.25) is 5.02 Å². The average molecular weight is 458 g/mol. The third kappa shape index (κ3) is 4.22. The van der Waals surface area contributed by atoms with Crippen LogP contribution in [0.25, 0.3) is 0 Å². The Morgan fingerprint density at radius 3 is 2.77 bits per heavy atom. The maximum atomic E-state index is 13.4. The van der Waals surface area contributed by atoms with E-state index in [0.717, 1.165) is 34.6 Å². The number of aromatic nitrogens is 3. The zero-order valence-corrected chi connectivity index (χ0v) is 19.3. The Morgan fingerprint density at radius 1 is 1.26 bits per heavy atom. The van der Waals surface area contributed by atoms with Crippen LogP contribution in [-0.4, -0.2) is 33.1 Å². The minimum absolute atomic E-state index is 0.115. The van der Waals surface area contributed by atoms with Gasteiger partial charge in [0, 0.05) is 12.1 Å². The molecular weight excluding hydrogens is 434 g/mol. The first kappa shape index (κ1) is 21.5. The topological polar surface area (TPSA) is 81.1 Å². The molecule has 0 fully saturated rings. The van der Waals surface area contributed by atoms with Gasteiger partial charge in [0.25, 0.3) is 0 Å². The molecule has 1 aliphatic rings. The van der Waals surface area contributed by atoms with Crippen LogP contribution in [-0.2, 0) is 11.2 Å². The second-order valence-electron chi connectivity index (χ2n) is 7.43. The molecule has 2 atom stereocenters. The van der Waals surface area contributed by atoms with Crippen molar-refractivity contribution < 1.29 is 9.53 Å². The summed E-state index contributed by atoms with van der Waals surface area (Å²) in [4.78, 5) is 13.4. The fourth-order valence-electron chi connectivity index (χ4n) is 3.53. The largest absolute Gasteiger partial charge is 0.495 e. The van der Waals surface area contributed by atoms with Gasteiger partial charge < -0.3 is 15.5 Å². The molecule has 1 aliphatic heterocycles. The van der Waals surface area contributed by atoms with E-state index in [2.05, 4.69) is 20.9 Å². The fraction of sp³-hybridized carbons (Fsp3) is 0.318. The smallest absolute Gasteiger partial charge is 0.240 e. The number of amides is 1. The molecule has 0 radical (unpaired) electrons. The van der Waals surface area contributed by atoms with Crippen molar-refractivity contribution in [1.82, 2.24) is 14.9 Å². The molecule has 3 aromatic rings. The lowest BCUT2D eigenvalue weighted by Crippen LogP contribution is -2.41. The molecular formula is C22H24ClN5O2S. The van der Waals surface area contributed by atoms with Crippen molar-refractivity contribution in [2.45, 2.75) is 43.6 Å². The van der Waals surface area contributed by atoms with Crippen LogP contribution in [0.4, 0.5) is 5.69 Å². The van der Waals surface area contributed by atoms with Gasteiger partial charge in [0.2, 0.25) is 11.1 Å². The molecule has 1 amide bonds. The Labute approximate surface area is 190 Å². The van der Waals surface area contributed by atoms with Crippen LogP contribution in [0.5, 0.6) is 5.75 Å². The summed E-state index contributed by atoms with van der Waals surface area (Å²) in [5, 5.41) is 12.3. The van der Waals surface area contributed by atoms with E-state index in [-0.39, 0.29) is 11.9 Å². The summed E-state index contributed by atoms with van der Waals surface area (Å²) in [6.45, 7) is 6.00. The number of nitrogens with one attached hydrogen (secondary N) is 2. The SMILES string of the molecule is CCc1nnc2n1N[C@@H](c1ccc(OC)c(Cl)c1)[C@H](C(=O)Nc1cc(C)ccc1C)S2. The number of halogens is 1. The minimum atomic E-state index is -0.481. The molecule has 4 rings (SSSR count). The van der Waals surface area contributed by atoms with Gasteiger partial charge in [-0.2, -0.15) is 0 Å². The van der Waals surface area contributed by atoms with Gasteiger partial charge in [-0.15, -0.1) is 10.2 Å². The highest BCUT2D eigenvalue weighted by molar-refractivity contribution is 8.00. The predicted molar refractivity (Wildman–Crippen MR) is 124 cm³/mol. The lowest BCUT2D eigenvalue weighted by molar-refractivity contribution is -0.116. The molecule has 0 unspecified atom stereocenters. The Balaban J connectivity index is 1.71.